The molecule has 1 unspecified atom stereocenters. The van der Waals surface area contributed by atoms with Crippen LogP contribution in [-0.2, 0) is 0 Å². The molecule has 1 aromatic rings. The fourth-order valence-electron chi connectivity index (χ4n) is 3.15. The summed E-state index contributed by atoms with van der Waals surface area (Å²) >= 11 is 0. The van der Waals surface area contributed by atoms with Gasteiger partial charge in [0, 0.05) is 6.54 Å². The van der Waals surface area contributed by atoms with Crippen LogP contribution >= 0.6 is 0 Å². The van der Waals surface area contributed by atoms with Crippen molar-refractivity contribution < 1.29 is 4.74 Å². The summed E-state index contributed by atoms with van der Waals surface area (Å²) in [6, 6.07) is 8.13. The zero-order valence-electron chi connectivity index (χ0n) is 12.8. The summed E-state index contributed by atoms with van der Waals surface area (Å²) in [6.45, 7) is 4.33. The Morgan fingerprint density at radius 3 is 2.40 bits per heavy atom. The van der Waals surface area contributed by atoms with Gasteiger partial charge in [-0.2, -0.15) is 0 Å². The lowest BCUT2D eigenvalue weighted by atomic mass is 9.88. The highest BCUT2D eigenvalue weighted by Crippen LogP contribution is 2.27. The van der Waals surface area contributed by atoms with E-state index in [2.05, 4.69) is 24.0 Å². The summed E-state index contributed by atoms with van der Waals surface area (Å²) in [6.07, 6.45) is 6.91. The lowest BCUT2D eigenvalue weighted by molar-refractivity contribution is 0.158. The monoisotopic (exact) mass is 276 g/mol. The predicted octanol–water partition coefficient (Wildman–Crippen LogP) is 3.55. The van der Waals surface area contributed by atoms with Crippen molar-refractivity contribution in [1.82, 2.24) is 4.90 Å². The number of rotatable bonds is 6. The molecule has 2 N–H and O–H groups in total. The maximum atomic E-state index is 6.44. The second-order valence-electron chi connectivity index (χ2n) is 5.81. The molecule has 112 valence electrons. The summed E-state index contributed by atoms with van der Waals surface area (Å²) in [4.78, 5) is 2.40. The average Bonchev–Trinajstić information content (AvgIpc) is 2.53. The van der Waals surface area contributed by atoms with E-state index in [1.807, 2.05) is 12.1 Å². The number of methoxy groups -OCH3 is 1. The minimum absolute atomic E-state index is 0.00664. The zero-order chi connectivity index (χ0) is 14.4. The van der Waals surface area contributed by atoms with E-state index in [4.69, 9.17) is 10.5 Å². The molecule has 1 atom stereocenters. The van der Waals surface area contributed by atoms with Gasteiger partial charge in [-0.1, -0.05) is 38.3 Å². The van der Waals surface area contributed by atoms with Crippen molar-refractivity contribution in [3.63, 3.8) is 0 Å². The van der Waals surface area contributed by atoms with Crippen molar-refractivity contribution in [2.45, 2.75) is 45.2 Å². The summed E-state index contributed by atoms with van der Waals surface area (Å²) in [5, 5.41) is 0. The number of ether oxygens (including phenoxy) is 1. The van der Waals surface area contributed by atoms with Gasteiger partial charge >= 0.3 is 0 Å². The molecule has 3 nitrogen and oxygen atoms in total. The van der Waals surface area contributed by atoms with Crippen molar-refractivity contribution in [1.29, 1.82) is 0 Å². The highest BCUT2D eigenvalue weighted by molar-refractivity contribution is 5.28. The van der Waals surface area contributed by atoms with E-state index >= 15 is 0 Å². The third kappa shape index (κ3) is 3.97. The molecule has 1 aliphatic rings. The molecule has 0 heterocycles. The second-order valence-corrected chi connectivity index (χ2v) is 5.81. The molecule has 1 aromatic carbocycles. The first kappa shape index (κ1) is 15.3. The Balaban J connectivity index is 1.97. The van der Waals surface area contributed by atoms with Crippen LogP contribution in [0.25, 0.3) is 0 Å². The van der Waals surface area contributed by atoms with Gasteiger partial charge in [-0.25, -0.2) is 0 Å². The summed E-state index contributed by atoms with van der Waals surface area (Å²) in [7, 11) is 1.69. The summed E-state index contributed by atoms with van der Waals surface area (Å²) in [5.41, 5.74) is 7.61. The Kier molecular flexibility index (Phi) is 5.86. The van der Waals surface area contributed by atoms with E-state index < -0.39 is 0 Å². The van der Waals surface area contributed by atoms with Gasteiger partial charge in [0.2, 0.25) is 0 Å². The van der Waals surface area contributed by atoms with Crippen LogP contribution in [0.15, 0.2) is 24.3 Å². The molecule has 3 heteroatoms. The smallest absolute Gasteiger partial charge is 0.118 e. The van der Waals surface area contributed by atoms with Crippen LogP contribution in [0.5, 0.6) is 5.75 Å². The Morgan fingerprint density at radius 1 is 1.20 bits per heavy atom. The quantitative estimate of drug-likeness (QED) is 0.807. The van der Waals surface area contributed by atoms with Crippen molar-refractivity contribution in [2.24, 2.45) is 11.7 Å². The molecule has 2 rings (SSSR count). The second kappa shape index (κ2) is 7.65. The molecule has 0 saturated heterocycles. The minimum atomic E-state index is -0.00664. The van der Waals surface area contributed by atoms with Crippen LogP contribution < -0.4 is 10.5 Å². The highest BCUT2D eigenvalue weighted by Gasteiger charge is 2.21. The van der Waals surface area contributed by atoms with Crippen LogP contribution in [0.1, 0.15) is 50.8 Å². The Bertz CT molecular complexity index is 384. The maximum Gasteiger partial charge on any atom is 0.118 e. The molecule has 0 aromatic heterocycles. The van der Waals surface area contributed by atoms with Crippen LogP contribution in [0.3, 0.4) is 0 Å². The number of hydrogen-bond donors (Lipinski definition) is 1. The molecule has 1 fully saturated rings. The normalized spacial score (nSPS) is 18.2. The first-order valence-electron chi connectivity index (χ1n) is 7.88. The lowest BCUT2D eigenvalue weighted by Gasteiger charge is -2.33. The van der Waals surface area contributed by atoms with E-state index in [1.165, 1.54) is 37.7 Å². The molecule has 20 heavy (non-hydrogen) atoms. The fourth-order valence-corrected chi connectivity index (χ4v) is 3.15. The fraction of sp³-hybridized carbons (Fsp3) is 0.647. The molecule has 0 aliphatic heterocycles. The van der Waals surface area contributed by atoms with E-state index in [1.54, 1.807) is 7.11 Å². The van der Waals surface area contributed by atoms with Crippen LogP contribution in [0.2, 0.25) is 0 Å². The SMILES string of the molecule is CCN(CC1CCCCC1)C(N)c1ccc(OC)cc1. The van der Waals surface area contributed by atoms with Crippen LogP contribution in [0, 0.1) is 5.92 Å². The average molecular weight is 276 g/mol. The predicted molar refractivity (Wildman–Crippen MR) is 83.7 cm³/mol. The zero-order valence-corrected chi connectivity index (χ0v) is 12.8. The van der Waals surface area contributed by atoms with Gasteiger partial charge in [-0.05, 0) is 43.0 Å². The van der Waals surface area contributed by atoms with Crippen molar-refractivity contribution in [3.05, 3.63) is 29.8 Å². The van der Waals surface area contributed by atoms with Crippen molar-refractivity contribution in [2.75, 3.05) is 20.2 Å². The lowest BCUT2D eigenvalue weighted by Crippen LogP contribution is -2.38. The van der Waals surface area contributed by atoms with E-state index in [9.17, 15) is 0 Å². The van der Waals surface area contributed by atoms with Crippen molar-refractivity contribution >= 4 is 0 Å². The van der Waals surface area contributed by atoms with Crippen molar-refractivity contribution in [3.8, 4) is 5.75 Å². The van der Waals surface area contributed by atoms with Gasteiger partial charge in [0.05, 0.1) is 13.3 Å². The molecule has 1 saturated carbocycles. The Hall–Kier alpha value is -1.06. The van der Waals surface area contributed by atoms with Crippen LogP contribution in [-0.4, -0.2) is 25.1 Å². The standard InChI is InChI=1S/C17H28N2O/c1-3-19(13-14-7-5-4-6-8-14)17(18)15-9-11-16(20-2)12-10-15/h9-12,14,17H,3-8,13,18H2,1-2H3. The number of nitrogens with two attached hydrogens (primary N) is 1. The van der Waals surface area contributed by atoms with E-state index in [-0.39, 0.29) is 6.17 Å². The van der Waals surface area contributed by atoms with E-state index in [0.29, 0.717) is 0 Å². The summed E-state index contributed by atoms with van der Waals surface area (Å²) < 4.78 is 5.20. The molecule has 0 amide bonds. The third-order valence-corrected chi connectivity index (χ3v) is 4.47. The van der Waals surface area contributed by atoms with Gasteiger partial charge in [-0.3, -0.25) is 4.90 Å². The first-order chi connectivity index (χ1) is 9.74. The number of hydrogen-bond acceptors (Lipinski definition) is 3. The molecular weight excluding hydrogens is 248 g/mol. The topological polar surface area (TPSA) is 38.5 Å². The van der Waals surface area contributed by atoms with Gasteiger partial charge in [0.15, 0.2) is 0 Å². The van der Waals surface area contributed by atoms with Gasteiger partial charge in [0.25, 0.3) is 0 Å². The molecular formula is C17H28N2O. The van der Waals surface area contributed by atoms with E-state index in [0.717, 1.165) is 24.8 Å². The van der Waals surface area contributed by atoms with Gasteiger partial charge < -0.3 is 10.5 Å². The largest absolute Gasteiger partial charge is 0.497 e. The highest BCUT2D eigenvalue weighted by atomic mass is 16.5. The summed E-state index contributed by atoms with van der Waals surface area (Å²) in [5.74, 6) is 1.71. The Labute approximate surface area is 123 Å². The third-order valence-electron chi connectivity index (χ3n) is 4.47. The number of benzene rings is 1. The van der Waals surface area contributed by atoms with Crippen LogP contribution in [0.4, 0.5) is 0 Å². The van der Waals surface area contributed by atoms with Gasteiger partial charge in [-0.15, -0.1) is 0 Å². The maximum absolute atomic E-state index is 6.44. The molecule has 1 aliphatic carbocycles. The number of nitrogens with zero attached hydrogens (tertiary/aromatic N) is 1. The van der Waals surface area contributed by atoms with Gasteiger partial charge in [0.1, 0.15) is 5.75 Å². The Morgan fingerprint density at radius 2 is 1.85 bits per heavy atom. The molecule has 0 radical (unpaired) electrons. The first-order valence-corrected chi connectivity index (χ1v) is 7.88. The molecule has 0 spiro atoms. The minimum Gasteiger partial charge on any atom is -0.497 e. The molecule has 0 bridgehead atoms.